The topological polar surface area (TPSA) is 92.8 Å². The minimum absolute atomic E-state index is 0.00353. The second-order valence-corrected chi connectivity index (χ2v) is 7.62. The van der Waals surface area contributed by atoms with Gasteiger partial charge in [0.15, 0.2) is 9.84 Å². The number of cyclic esters (lactones) is 1. The molecule has 1 aromatic carbocycles. The van der Waals surface area contributed by atoms with Gasteiger partial charge in [0.05, 0.1) is 18.1 Å². The number of sulfone groups is 1. The van der Waals surface area contributed by atoms with Crippen molar-refractivity contribution in [2.75, 3.05) is 29.6 Å². The maximum Gasteiger partial charge on any atom is 0.414 e. The van der Waals surface area contributed by atoms with Gasteiger partial charge >= 0.3 is 6.09 Å². The monoisotopic (exact) mass is 324 g/mol. The van der Waals surface area contributed by atoms with E-state index in [1.54, 1.807) is 24.3 Å². The van der Waals surface area contributed by atoms with Gasteiger partial charge in [-0.3, -0.25) is 9.69 Å². The third-order valence-corrected chi connectivity index (χ3v) is 5.54. The third kappa shape index (κ3) is 3.06. The zero-order valence-electron chi connectivity index (χ0n) is 11.8. The lowest BCUT2D eigenvalue weighted by Crippen LogP contribution is -2.35. The predicted molar refractivity (Wildman–Crippen MR) is 79.7 cm³/mol. The summed E-state index contributed by atoms with van der Waals surface area (Å²) in [5.74, 6) is -0.192. The summed E-state index contributed by atoms with van der Waals surface area (Å²) in [6.45, 7) is 0.849. The number of ether oxygens (including phenoxy) is 1. The minimum atomic E-state index is -3.02. The van der Waals surface area contributed by atoms with Crippen LogP contribution in [-0.2, 0) is 14.6 Å². The predicted octanol–water partition coefficient (Wildman–Crippen LogP) is 0.560. The van der Waals surface area contributed by atoms with Crippen LogP contribution in [0.15, 0.2) is 24.3 Å². The van der Waals surface area contributed by atoms with Crippen LogP contribution < -0.4 is 10.2 Å². The van der Waals surface area contributed by atoms with Crippen LogP contribution in [0, 0.1) is 0 Å². The Balaban J connectivity index is 1.65. The molecule has 1 aromatic rings. The number of rotatable bonds is 3. The molecule has 2 saturated heterocycles. The summed E-state index contributed by atoms with van der Waals surface area (Å²) in [4.78, 5) is 25.0. The number of carbonyl (C=O) groups excluding carboxylic acids is 2. The van der Waals surface area contributed by atoms with Crippen LogP contribution in [0.1, 0.15) is 16.8 Å². The first-order chi connectivity index (χ1) is 10.4. The molecule has 2 aliphatic heterocycles. The van der Waals surface area contributed by atoms with Gasteiger partial charge < -0.3 is 10.1 Å². The number of benzene rings is 1. The van der Waals surface area contributed by atoms with Gasteiger partial charge in [0.2, 0.25) is 0 Å². The van der Waals surface area contributed by atoms with Gasteiger partial charge in [-0.25, -0.2) is 13.2 Å². The summed E-state index contributed by atoms with van der Waals surface area (Å²) >= 11 is 0. The number of hydrogen-bond acceptors (Lipinski definition) is 5. The van der Waals surface area contributed by atoms with Gasteiger partial charge in [0.25, 0.3) is 5.91 Å². The van der Waals surface area contributed by atoms with Crippen molar-refractivity contribution in [1.82, 2.24) is 5.32 Å². The van der Waals surface area contributed by atoms with Gasteiger partial charge in [-0.2, -0.15) is 0 Å². The van der Waals surface area contributed by atoms with E-state index in [1.165, 1.54) is 4.90 Å². The van der Waals surface area contributed by atoms with Crippen molar-refractivity contribution in [2.24, 2.45) is 0 Å². The van der Waals surface area contributed by atoms with Crippen molar-refractivity contribution >= 4 is 27.5 Å². The summed E-state index contributed by atoms with van der Waals surface area (Å²) in [6.07, 6.45) is 0.0551. The number of hydrogen-bond donors (Lipinski definition) is 1. The molecule has 0 aromatic heterocycles. The Labute approximate surface area is 128 Å². The molecule has 0 radical (unpaired) electrons. The number of nitrogens with one attached hydrogen (secondary N) is 1. The molecule has 0 unspecified atom stereocenters. The second-order valence-electron chi connectivity index (χ2n) is 5.39. The quantitative estimate of drug-likeness (QED) is 0.877. The lowest BCUT2D eigenvalue weighted by Gasteiger charge is -2.14. The molecule has 2 amide bonds. The number of carbonyl (C=O) groups is 2. The molecule has 7 nitrogen and oxygen atoms in total. The largest absolute Gasteiger partial charge is 0.447 e. The van der Waals surface area contributed by atoms with E-state index in [-0.39, 0.29) is 23.5 Å². The molecule has 8 heteroatoms. The Morgan fingerprint density at radius 3 is 2.55 bits per heavy atom. The lowest BCUT2D eigenvalue weighted by molar-refractivity contribution is 0.0941. The Morgan fingerprint density at radius 2 is 2.00 bits per heavy atom. The molecule has 1 N–H and O–H groups in total. The van der Waals surface area contributed by atoms with Gasteiger partial charge in [-0.15, -0.1) is 0 Å². The molecular formula is C14H16N2O5S. The van der Waals surface area contributed by atoms with Gasteiger partial charge in [0.1, 0.15) is 6.61 Å². The molecule has 2 heterocycles. The summed E-state index contributed by atoms with van der Waals surface area (Å²) in [7, 11) is -3.02. The van der Waals surface area contributed by atoms with Crippen LogP contribution in [0.25, 0.3) is 0 Å². The minimum Gasteiger partial charge on any atom is -0.447 e. The van der Waals surface area contributed by atoms with Crippen LogP contribution in [-0.4, -0.2) is 51.1 Å². The Morgan fingerprint density at radius 1 is 1.27 bits per heavy atom. The first kappa shape index (κ1) is 14.8. The molecular weight excluding hydrogens is 308 g/mol. The van der Waals surface area contributed by atoms with Crippen LogP contribution in [0.5, 0.6) is 0 Å². The van der Waals surface area contributed by atoms with E-state index in [1.807, 2.05) is 0 Å². The fourth-order valence-electron chi connectivity index (χ4n) is 2.60. The molecule has 1 atom stereocenters. The summed E-state index contributed by atoms with van der Waals surface area (Å²) < 4.78 is 27.6. The zero-order chi connectivity index (χ0) is 15.7. The van der Waals surface area contributed by atoms with Gasteiger partial charge in [-0.05, 0) is 30.7 Å². The summed E-state index contributed by atoms with van der Waals surface area (Å²) in [5.41, 5.74) is 1.10. The zero-order valence-corrected chi connectivity index (χ0v) is 12.6. The molecule has 0 spiro atoms. The Hall–Kier alpha value is -2.09. The number of nitrogens with zero attached hydrogens (tertiary/aromatic N) is 1. The number of anilines is 1. The maximum atomic E-state index is 12.1. The van der Waals surface area contributed by atoms with E-state index in [0.717, 1.165) is 0 Å². The van der Waals surface area contributed by atoms with Crippen molar-refractivity contribution in [3.05, 3.63) is 29.8 Å². The molecule has 118 valence electrons. The molecule has 0 saturated carbocycles. The molecule has 0 aliphatic carbocycles. The van der Waals surface area contributed by atoms with Crippen molar-refractivity contribution in [3.63, 3.8) is 0 Å². The van der Waals surface area contributed by atoms with E-state index in [4.69, 9.17) is 4.74 Å². The normalized spacial score (nSPS) is 23.4. The summed E-state index contributed by atoms with van der Waals surface area (Å²) in [5, 5.41) is 2.73. The highest BCUT2D eigenvalue weighted by molar-refractivity contribution is 7.91. The highest BCUT2D eigenvalue weighted by Crippen LogP contribution is 2.19. The lowest BCUT2D eigenvalue weighted by atomic mass is 10.1. The molecule has 2 fully saturated rings. The van der Waals surface area contributed by atoms with E-state index < -0.39 is 15.9 Å². The molecule has 22 heavy (non-hydrogen) atoms. The van der Waals surface area contributed by atoms with Crippen molar-refractivity contribution in [2.45, 2.75) is 12.5 Å². The first-order valence-corrected chi connectivity index (χ1v) is 8.82. The smallest absolute Gasteiger partial charge is 0.414 e. The van der Waals surface area contributed by atoms with Crippen molar-refractivity contribution < 1.29 is 22.7 Å². The van der Waals surface area contributed by atoms with E-state index in [2.05, 4.69) is 5.32 Å². The third-order valence-electron chi connectivity index (χ3n) is 3.77. The number of amides is 2. The summed E-state index contributed by atoms with van der Waals surface area (Å²) in [6, 6.07) is 6.24. The fraction of sp³-hybridized carbons (Fsp3) is 0.429. The first-order valence-electron chi connectivity index (χ1n) is 7.00. The van der Waals surface area contributed by atoms with Crippen LogP contribution in [0.4, 0.5) is 10.5 Å². The average Bonchev–Trinajstić information content (AvgIpc) is 3.04. The van der Waals surface area contributed by atoms with E-state index in [0.29, 0.717) is 30.8 Å². The maximum absolute atomic E-state index is 12.1. The highest BCUT2D eigenvalue weighted by atomic mass is 32.2. The van der Waals surface area contributed by atoms with Crippen LogP contribution in [0.3, 0.4) is 0 Å². The molecule has 0 bridgehead atoms. The van der Waals surface area contributed by atoms with Crippen LogP contribution in [0.2, 0.25) is 0 Å². The average molecular weight is 324 g/mol. The van der Waals surface area contributed by atoms with Crippen molar-refractivity contribution in [3.8, 4) is 0 Å². The van der Waals surface area contributed by atoms with Gasteiger partial charge in [0, 0.05) is 17.3 Å². The SMILES string of the molecule is O=C(N[C@H]1CCS(=O)(=O)C1)c1ccc(N2CCOC2=O)cc1. The Kier molecular flexibility index (Phi) is 3.78. The fourth-order valence-corrected chi connectivity index (χ4v) is 4.27. The van der Waals surface area contributed by atoms with Gasteiger partial charge in [-0.1, -0.05) is 0 Å². The second kappa shape index (κ2) is 5.60. The van der Waals surface area contributed by atoms with E-state index in [9.17, 15) is 18.0 Å². The molecule has 3 rings (SSSR count). The Bertz CT molecular complexity index is 698. The highest BCUT2D eigenvalue weighted by Gasteiger charge is 2.29. The van der Waals surface area contributed by atoms with E-state index >= 15 is 0 Å². The molecule has 2 aliphatic rings. The standard InChI is InChI=1S/C14H16N2O5S/c17-13(15-11-5-8-22(19,20)9-11)10-1-3-12(4-2-10)16-6-7-21-14(16)18/h1-4,11H,5-9H2,(H,15,17)/t11-/m0/s1. The van der Waals surface area contributed by atoms with Crippen LogP contribution >= 0.6 is 0 Å². The van der Waals surface area contributed by atoms with Crippen molar-refractivity contribution in [1.29, 1.82) is 0 Å².